The lowest BCUT2D eigenvalue weighted by atomic mass is 10.2. The van der Waals surface area contributed by atoms with Crippen molar-refractivity contribution in [1.82, 2.24) is 25.1 Å². The van der Waals surface area contributed by atoms with Crippen LogP contribution in [0.2, 0.25) is 0 Å². The molecular weight excluding hydrogens is 412 g/mol. The molecule has 4 heterocycles. The van der Waals surface area contributed by atoms with Crippen LogP contribution in [-0.4, -0.2) is 47.3 Å². The summed E-state index contributed by atoms with van der Waals surface area (Å²) in [6.45, 7) is 0.731. The molecule has 0 saturated heterocycles. The van der Waals surface area contributed by atoms with Crippen LogP contribution in [0.4, 0.5) is 5.82 Å². The van der Waals surface area contributed by atoms with Crippen molar-refractivity contribution >= 4 is 26.8 Å². The van der Waals surface area contributed by atoms with E-state index >= 15 is 0 Å². The predicted molar refractivity (Wildman–Crippen MR) is 104 cm³/mol. The van der Waals surface area contributed by atoms with Gasteiger partial charge in [0.1, 0.15) is 22.6 Å². The van der Waals surface area contributed by atoms with Crippen LogP contribution >= 0.6 is 0 Å². The molecule has 0 amide bonds. The molecule has 11 nitrogen and oxygen atoms in total. The zero-order valence-corrected chi connectivity index (χ0v) is 16.6. The standard InChI is InChI=1S/C18H16N6O5S/c1-27-18-15-13(9-12(21-18)10-24-19-6-7-20-24)29-22-17(15)23-30(25,26)14-4-2-3-11-5-8-28-16(11)14/h2-4,6-7,9H,5,8,10H2,1H3,(H,22,23). The van der Waals surface area contributed by atoms with Crippen molar-refractivity contribution in [3.05, 3.63) is 47.9 Å². The summed E-state index contributed by atoms with van der Waals surface area (Å²) in [5.41, 5.74) is 1.73. The maximum Gasteiger partial charge on any atom is 0.266 e. The van der Waals surface area contributed by atoms with Crippen LogP contribution in [0.3, 0.4) is 0 Å². The molecule has 0 radical (unpaired) electrons. The molecule has 1 aromatic carbocycles. The van der Waals surface area contributed by atoms with Gasteiger partial charge in [-0.3, -0.25) is 4.72 Å². The van der Waals surface area contributed by atoms with Gasteiger partial charge in [-0.15, -0.1) is 0 Å². The van der Waals surface area contributed by atoms with Crippen molar-refractivity contribution in [2.75, 3.05) is 18.4 Å². The molecule has 0 saturated carbocycles. The van der Waals surface area contributed by atoms with E-state index < -0.39 is 10.0 Å². The van der Waals surface area contributed by atoms with Gasteiger partial charge in [-0.05, 0) is 11.6 Å². The van der Waals surface area contributed by atoms with Crippen molar-refractivity contribution < 1.29 is 22.4 Å². The van der Waals surface area contributed by atoms with Gasteiger partial charge < -0.3 is 14.0 Å². The van der Waals surface area contributed by atoms with Gasteiger partial charge in [-0.2, -0.15) is 15.0 Å². The van der Waals surface area contributed by atoms with E-state index in [1.54, 1.807) is 24.5 Å². The van der Waals surface area contributed by atoms with Crippen LogP contribution < -0.4 is 14.2 Å². The molecule has 0 atom stereocenters. The highest BCUT2D eigenvalue weighted by Gasteiger charge is 2.28. The molecule has 0 fully saturated rings. The number of para-hydroxylation sites is 1. The average molecular weight is 428 g/mol. The second-order valence-electron chi connectivity index (χ2n) is 6.54. The van der Waals surface area contributed by atoms with Gasteiger partial charge in [0.05, 0.1) is 31.8 Å². The number of fused-ring (bicyclic) bond motifs is 2. The second-order valence-corrected chi connectivity index (χ2v) is 8.19. The fourth-order valence-electron chi connectivity index (χ4n) is 3.33. The molecule has 12 heteroatoms. The van der Waals surface area contributed by atoms with E-state index in [-0.39, 0.29) is 23.1 Å². The van der Waals surface area contributed by atoms with Gasteiger partial charge in [-0.25, -0.2) is 13.4 Å². The zero-order chi connectivity index (χ0) is 20.7. The molecule has 1 N–H and O–H groups in total. The lowest BCUT2D eigenvalue weighted by Crippen LogP contribution is -2.14. The first-order chi connectivity index (χ1) is 14.5. The van der Waals surface area contributed by atoms with Crippen LogP contribution in [0.25, 0.3) is 11.0 Å². The summed E-state index contributed by atoms with van der Waals surface area (Å²) in [7, 11) is -2.55. The summed E-state index contributed by atoms with van der Waals surface area (Å²) in [4.78, 5) is 5.90. The molecule has 1 aliphatic heterocycles. The molecule has 5 rings (SSSR count). The Hall–Kier alpha value is -3.67. The van der Waals surface area contributed by atoms with Crippen molar-refractivity contribution in [1.29, 1.82) is 0 Å². The van der Waals surface area contributed by atoms with Gasteiger partial charge in [0.2, 0.25) is 5.88 Å². The minimum absolute atomic E-state index is 0.0197. The Morgan fingerprint density at radius 3 is 2.90 bits per heavy atom. The van der Waals surface area contributed by atoms with Crippen LogP contribution in [-0.2, 0) is 23.0 Å². The Bertz CT molecular complexity index is 1330. The Balaban J connectivity index is 1.53. The van der Waals surface area contributed by atoms with Gasteiger partial charge in [0, 0.05) is 12.5 Å². The molecule has 0 spiro atoms. The molecule has 30 heavy (non-hydrogen) atoms. The summed E-state index contributed by atoms with van der Waals surface area (Å²) in [5.74, 6) is 0.508. The third-order valence-corrected chi connectivity index (χ3v) is 6.00. The number of pyridine rings is 1. The summed E-state index contributed by atoms with van der Waals surface area (Å²) in [6, 6.07) is 6.64. The van der Waals surface area contributed by atoms with E-state index in [4.69, 9.17) is 14.0 Å². The first-order valence-corrected chi connectivity index (χ1v) is 10.5. The number of methoxy groups -OCH3 is 1. The lowest BCUT2D eigenvalue weighted by Gasteiger charge is -2.10. The minimum atomic E-state index is -3.98. The van der Waals surface area contributed by atoms with E-state index in [1.807, 2.05) is 6.07 Å². The minimum Gasteiger partial charge on any atom is -0.492 e. The Labute approximate surface area is 170 Å². The first-order valence-electron chi connectivity index (χ1n) is 9.00. The Morgan fingerprint density at radius 1 is 1.27 bits per heavy atom. The number of hydrogen-bond acceptors (Lipinski definition) is 9. The van der Waals surface area contributed by atoms with Crippen LogP contribution in [0.15, 0.2) is 46.1 Å². The first kappa shape index (κ1) is 18.4. The number of aromatic nitrogens is 5. The molecule has 3 aromatic heterocycles. The quantitative estimate of drug-likeness (QED) is 0.486. The fourth-order valence-corrected chi connectivity index (χ4v) is 4.52. The van der Waals surface area contributed by atoms with Gasteiger partial charge in [0.25, 0.3) is 10.0 Å². The average Bonchev–Trinajstić information content (AvgIpc) is 3.48. The highest BCUT2D eigenvalue weighted by atomic mass is 32.2. The summed E-state index contributed by atoms with van der Waals surface area (Å²) >= 11 is 0. The zero-order valence-electron chi connectivity index (χ0n) is 15.8. The van der Waals surface area contributed by atoms with E-state index in [0.29, 0.717) is 35.4 Å². The molecule has 0 bridgehead atoms. The molecule has 4 aromatic rings. The largest absolute Gasteiger partial charge is 0.492 e. The number of sulfonamides is 1. The second kappa shape index (κ2) is 6.99. The molecule has 0 unspecified atom stereocenters. The van der Waals surface area contributed by atoms with E-state index in [0.717, 1.165) is 5.56 Å². The molecule has 1 aliphatic rings. The number of benzene rings is 1. The number of nitrogens with one attached hydrogen (secondary N) is 1. The maximum atomic E-state index is 13.0. The van der Waals surface area contributed by atoms with Crippen LogP contribution in [0.5, 0.6) is 11.6 Å². The van der Waals surface area contributed by atoms with Crippen LogP contribution in [0, 0.1) is 0 Å². The SMILES string of the molecule is COc1nc(Cn2nccn2)cc2onc(NS(=O)(=O)c3cccc4c3OCC4)c12. The number of anilines is 1. The highest BCUT2D eigenvalue weighted by Crippen LogP contribution is 2.36. The summed E-state index contributed by atoms with van der Waals surface area (Å²) in [5, 5.41) is 12.3. The Morgan fingerprint density at radius 2 is 2.10 bits per heavy atom. The molecular formula is C18H16N6O5S. The lowest BCUT2D eigenvalue weighted by molar-refractivity contribution is 0.348. The highest BCUT2D eigenvalue weighted by molar-refractivity contribution is 7.92. The maximum absolute atomic E-state index is 13.0. The third-order valence-electron chi connectivity index (χ3n) is 4.64. The normalized spacial score (nSPS) is 13.2. The topological polar surface area (TPSA) is 134 Å². The summed E-state index contributed by atoms with van der Waals surface area (Å²) in [6.07, 6.45) is 3.78. The molecule has 0 aliphatic carbocycles. The number of ether oxygens (including phenoxy) is 2. The monoisotopic (exact) mass is 428 g/mol. The van der Waals surface area contributed by atoms with E-state index in [1.165, 1.54) is 18.0 Å². The van der Waals surface area contributed by atoms with Crippen molar-refractivity contribution in [3.63, 3.8) is 0 Å². The van der Waals surface area contributed by atoms with E-state index in [2.05, 4.69) is 25.1 Å². The number of nitrogens with zero attached hydrogens (tertiary/aromatic N) is 5. The van der Waals surface area contributed by atoms with Gasteiger partial charge >= 0.3 is 0 Å². The fraction of sp³-hybridized carbons (Fsp3) is 0.222. The van der Waals surface area contributed by atoms with Crippen molar-refractivity contribution in [2.24, 2.45) is 0 Å². The Kier molecular flexibility index (Phi) is 4.28. The molecule has 154 valence electrons. The van der Waals surface area contributed by atoms with Crippen molar-refractivity contribution in [2.45, 2.75) is 17.9 Å². The van der Waals surface area contributed by atoms with Crippen LogP contribution in [0.1, 0.15) is 11.3 Å². The van der Waals surface area contributed by atoms with Crippen molar-refractivity contribution in [3.8, 4) is 11.6 Å². The number of hydrogen-bond donors (Lipinski definition) is 1. The predicted octanol–water partition coefficient (Wildman–Crippen LogP) is 1.61. The summed E-state index contributed by atoms with van der Waals surface area (Å²) < 4.78 is 44.7. The number of rotatable bonds is 6. The third kappa shape index (κ3) is 3.10. The van der Waals surface area contributed by atoms with Gasteiger partial charge in [0.15, 0.2) is 11.4 Å². The smallest absolute Gasteiger partial charge is 0.266 e. The van der Waals surface area contributed by atoms with Gasteiger partial charge in [-0.1, -0.05) is 17.3 Å². The van der Waals surface area contributed by atoms with E-state index in [9.17, 15) is 8.42 Å².